The summed E-state index contributed by atoms with van der Waals surface area (Å²) < 4.78 is 32.2. The van der Waals surface area contributed by atoms with Gasteiger partial charge in [-0.05, 0) is 45.2 Å². The molecule has 5 nitrogen and oxygen atoms in total. The van der Waals surface area contributed by atoms with Crippen molar-refractivity contribution in [2.24, 2.45) is 5.92 Å². The van der Waals surface area contributed by atoms with Crippen LogP contribution >= 0.6 is 0 Å². The lowest BCUT2D eigenvalue weighted by molar-refractivity contribution is -0.127. The number of carbonyl (C=O) groups excluding carboxylic acids is 1. The number of rotatable bonds is 3. The molecule has 0 aromatic heterocycles. The molecule has 1 aliphatic heterocycles. The van der Waals surface area contributed by atoms with Crippen LogP contribution in [0.15, 0.2) is 23.1 Å². The molecule has 0 aliphatic carbocycles. The summed E-state index contributed by atoms with van der Waals surface area (Å²) in [6.07, 6.45) is 1.09. The van der Waals surface area contributed by atoms with E-state index in [0.717, 1.165) is 5.56 Å². The third kappa shape index (κ3) is 3.83. The highest BCUT2D eigenvalue weighted by atomic mass is 32.2. The molecule has 1 fully saturated rings. The highest BCUT2D eigenvalue weighted by Gasteiger charge is 2.29. The average Bonchev–Trinajstić information content (AvgIpc) is 2.37. The second kappa shape index (κ2) is 6.15. The van der Waals surface area contributed by atoms with Crippen LogP contribution < -0.4 is 4.72 Å². The van der Waals surface area contributed by atoms with E-state index in [1.165, 1.54) is 6.07 Å². The third-order valence-electron chi connectivity index (χ3n) is 3.71. The van der Waals surface area contributed by atoms with Crippen LogP contribution in [0.25, 0.3) is 0 Å². The Kier molecular flexibility index (Phi) is 4.68. The van der Waals surface area contributed by atoms with Gasteiger partial charge in [0.1, 0.15) is 0 Å². The van der Waals surface area contributed by atoms with E-state index < -0.39 is 15.9 Å². The molecule has 1 N–H and O–H groups in total. The molecule has 21 heavy (non-hydrogen) atoms. The first-order valence-electron chi connectivity index (χ1n) is 7.05. The molecule has 116 valence electrons. The lowest BCUT2D eigenvalue weighted by Gasteiger charge is -2.26. The Hall–Kier alpha value is -1.40. The minimum Gasteiger partial charge on any atom is -0.378 e. The largest absolute Gasteiger partial charge is 0.378 e. The SMILES string of the molecule is Cc1ccc(S(=O)(=O)NC(=O)C2CCOC(C)C2)c(C)c1. The van der Waals surface area contributed by atoms with Gasteiger partial charge in [-0.1, -0.05) is 17.7 Å². The molecule has 1 aliphatic rings. The second-order valence-electron chi connectivity index (χ2n) is 5.64. The van der Waals surface area contributed by atoms with Crippen molar-refractivity contribution in [1.29, 1.82) is 0 Å². The molecule has 0 saturated carbocycles. The van der Waals surface area contributed by atoms with Gasteiger partial charge in [0.25, 0.3) is 10.0 Å². The smallest absolute Gasteiger partial charge is 0.264 e. The number of benzene rings is 1. The van der Waals surface area contributed by atoms with Crippen molar-refractivity contribution in [1.82, 2.24) is 4.72 Å². The Labute approximate surface area is 125 Å². The van der Waals surface area contributed by atoms with Crippen LogP contribution in [-0.2, 0) is 19.6 Å². The molecule has 2 atom stereocenters. The minimum atomic E-state index is -3.81. The number of hydrogen-bond acceptors (Lipinski definition) is 4. The molecular weight excluding hydrogens is 290 g/mol. The topological polar surface area (TPSA) is 72.5 Å². The molecule has 2 rings (SSSR count). The normalized spacial score (nSPS) is 22.8. The van der Waals surface area contributed by atoms with Crippen LogP contribution in [0.4, 0.5) is 0 Å². The zero-order valence-corrected chi connectivity index (χ0v) is 13.4. The predicted molar refractivity (Wildman–Crippen MR) is 79.4 cm³/mol. The highest BCUT2D eigenvalue weighted by molar-refractivity contribution is 7.90. The van der Waals surface area contributed by atoms with Crippen LogP contribution in [0.3, 0.4) is 0 Å². The fourth-order valence-electron chi connectivity index (χ4n) is 2.61. The Bertz CT molecular complexity index is 639. The first kappa shape index (κ1) is 16.0. The molecule has 1 saturated heterocycles. The molecule has 6 heteroatoms. The zero-order valence-electron chi connectivity index (χ0n) is 12.5. The Balaban J connectivity index is 2.15. The van der Waals surface area contributed by atoms with E-state index in [0.29, 0.717) is 25.0 Å². The van der Waals surface area contributed by atoms with Crippen molar-refractivity contribution in [3.63, 3.8) is 0 Å². The van der Waals surface area contributed by atoms with E-state index in [1.807, 2.05) is 13.8 Å². The van der Waals surface area contributed by atoms with Gasteiger partial charge in [-0.15, -0.1) is 0 Å². The number of hydrogen-bond donors (Lipinski definition) is 1. The van der Waals surface area contributed by atoms with E-state index in [4.69, 9.17) is 4.74 Å². The second-order valence-corrected chi connectivity index (χ2v) is 7.29. The van der Waals surface area contributed by atoms with E-state index >= 15 is 0 Å². The van der Waals surface area contributed by atoms with Gasteiger partial charge in [-0.25, -0.2) is 13.1 Å². The number of sulfonamides is 1. The lowest BCUT2D eigenvalue weighted by Crippen LogP contribution is -2.39. The molecule has 0 bridgehead atoms. The summed E-state index contributed by atoms with van der Waals surface area (Å²) in [7, 11) is -3.81. The average molecular weight is 311 g/mol. The van der Waals surface area contributed by atoms with Gasteiger partial charge in [0.15, 0.2) is 0 Å². The molecule has 0 radical (unpaired) electrons. The Morgan fingerprint density at radius 1 is 1.33 bits per heavy atom. The van der Waals surface area contributed by atoms with Gasteiger partial charge in [0.2, 0.25) is 5.91 Å². The number of nitrogens with one attached hydrogen (secondary N) is 1. The Morgan fingerprint density at radius 3 is 2.67 bits per heavy atom. The summed E-state index contributed by atoms with van der Waals surface area (Å²) in [6.45, 7) is 5.99. The summed E-state index contributed by atoms with van der Waals surface area (Å²) in [5.74, 6) is -0.751. The van der Waals surface area contributed by atoms with Crippen LogP contribution in [0.2, 0.25) is 0 Å². The molecule has 1 aromatic carbocycles. The lowest BCUT2D eigenvalue weighted by atomic mass is 9.96. The van der Waals surface area contributed by atoms with E-state index in [1.54, 1.807) is 19.1 Å². The summed E-state index contributed by atoms with van der Waals surface area (Å²) in [5, 5.41) is 0. The van der Waals surface area contributed by atoms with Gasteiger partial charge < -0.3 is 4.74 Å². The fourth-order valence-corrected chi connectivity index (χ4v) is 3.88. The molecule has 1 amide bonds. The first-order valence-corrected chi connectivity index (χ1v) is 8.53. The molecule has 2 unspecified atom stereocenters. The summed E-state index contributed by atoms with van der Waals surface area (Å²) >= 11 is 0. The van der Waals surface area contributed by atoms with Crippen LogP contribution in [0.1, 0.15) is 30.9 Å². The van der Waals surface area contributed by atoms with Crippen molar-refractivity contribution in [2.75, 3.05) is 6.61 Å². The maximum atomic E-state index is 12.3. The van der Waals surface area contributed by atoms with Gasteiger partial charge in [0, 0.05) is 12.5 Å². The van der Waals surface area contributed by atoms with Crippen molar-refractivity contribution >= 4 is 15.9 Å². The van der Waals surface area contributed by atoms with E-state index in [2.05, 4.69) is 4.72 Å². The van der Waals surface area contributed by atoms with Gasteiger partial charge in [0.05, 0.1) is 11.0 Å². The van der Waals surface area contributed by atoms with Gasteiger partial charge in [-0.3, -0.25) is 4.79 Å². The molecule has 1 heterocycles. The van der Waals surface area contributed by atoms with Crippen molar-refractivity contribution < 1.29 is 17.9 Å². The summed E-state index contributed by atoms with van der Waals surface area (Å²) in [5.41, 5.74) is 1.62. The number of carbonyl (C=O) groups is 1. The maximum Gasteiger partial charge on any atom is 0.264 e. The van der Waals surface area contributed by atoms with Crippen LogP contribution in [-0.4, -0.2) is 27.0 Å². The van der Waals surface area contributed by atoms with Crippen LogP contribution in [0.5, 0.6) is 0 Å². The highest BCUT2D eigenvalue weighted by Crippen LogP contribution is 2.22. The van der Waals surface area contributed by atoms with Gasteiger partial charge >= 0.3 is 0 Å². The molecular formula is C15H21NO4S. The standard InChI is InChI=1S/C15H21NO4S/c1-10-4-5-14(11(2)8-10)21(18,19)16-15(17)13-6-7-20-12(3)9-13/h4-5,8,12-13H,6-7,9H2,1-3H3,(H,16,17). The third-order valence-corrected chi connectivity index (χ3v) is 5.22. The summed E-state index contributed by atoms with van der Waals surface area (Å²) in [6, 6.07) is 5.05. The van der Waals surface area contributed by atoms with Crippen molar-refractivity contribution in [3.8, 4) is 0 Å². The number of ether oxygens (including phenoxy) is 1. The predicted octanol–water partition coefficient (Wildman–Crippen LogP) is 1.92. The van der Waals surface area contributed by atoms with E-state index in [-0.39, 0.29) is 16.9 Å². The number of aryl methyl sites for hydroxylation is 2. The first-order chi connectivity index (χ1) is 9.79. The monoisotopic (exact) mass is 311 g/mol. The van der Waals surface area contributed by atoms with Gasteiger partial charge in [-0.2, -0.15) is 0 Å². The minimum absolute atomic E-state index is 0.0154. The summed E-state index contributed by atoms with van der Waals surface area (Å²) in [4.78, 5) is 12.3. The quantitative estimate of drug-likeness (QED) is 0.925. The molecule has 0 spiro atoms. The Morgan fingerprint density at radius 2 is 2.05 bits per heavy atom. The van der Waals surface area contributed by atoms with Crippen molar-refractivity contribution in [2.45, 2.75) is 44.6 Å². The van der Waals surface area contributed by atoms with Crippen LogP contribution in [0, 0.1) is 19.8 Å². The maximum absolute atomic E-state index is 12.3. The fraction of sp³-hybridized carbons (Fsp3) is 0.533. The number of amides is 1. The zero-order chi connectivity index (χ0) is 15.6. The van der Waals surface area contributed by atoms with Crippen molar-refractivity contribution in [3.05, 3.63) is 29.3 Å². The molecule has 1 aromatic rings. The van der Waals surface area contributed by atoms with E-state index in [9.17, 15) is 13.2 Å².